The van der Waals surface area contributed by atoms with Gasteiger partial charge in [0.15, 0.2) is 17.5 Å². The summed E-state index contributed by atoms with van der Waals surface area (Å²) in [5.41, 5.74) is 5.95. The molecule has 0 bridgehead atoms. The van der Waals surface area contributed by atoms with E-state index in [-0.39, 0.29) is 23.0 Å². The van der Waals surface area contributed by atoms with Gasteiger partial charge in [-0.1, -0.05) is 127 Å². The summed E-state index contributed by atoms with van der Waals surface area (Å²) in [6, 6.07) is 46.8. The third-order valence-electron chi connectivity index (χ3n) is 10.8. The fraction of sp³-hybridized carbons (Fsp3) is 0. The highest BCUT2D eigenvalue weighted by Crippen LogP contribution is 2.42. The van der Waals surface area contributed by atoms with Crippen LogP contribution in [0.2, 0.25) is 0 Å². The fourth-order valence-electron chi connectivity index (χ4n) is 8.25. The van der Waals surface area contributed by atoms with Crippen LogP contribution in [0.25, 0.3) is 121 Å². The number of rotatable bonds is 4. The van der Waals surface area contributed by atoms with Crippen molar-refractivity contribution in [3.63, 3.8) is 0 Å². The molecule has 5 nitrogen and oxygen atoms in total. The molecule has 9 aromatic carbocycles. The minimum Gasteiger partial charge on any atom is -0.456 e. The number of hydrogen-bond acceptors (Lipinski definition) is 5. The lowest BCUT2D eigenvalue weighted by molar-refractivity contribution is 0.668. The Morgan fingerprint density at radius 1 is 0.339 bits per heavy atom. The summed E-state index contributed by atoms with van der Waals surface area (Å²) in [6.45, 7) is 0. The molecule has 0 spiro atoms. The molecule has 0 N–H and O–H groups in total. The zero-order valence-corrected chi connectivity index (χ0v) is 29.5. The Morgan fingerprint density at radius 3 is 1.59 bits per heavy atom. The first-order valence-electron chi connectivity index (χ1n) is 20.8. The van der Waals surface area contributed by atoms with Gasteiger partial charge in [0.05, 0.1) is 6.85 Å². The monoisotopic (exact) mass is 720 g/mol. The van der Waals surface area contributed by atoms with E-state index in [0.29, 0.717) is 22.3 Å². The molecule has 0 aliphatic rings. The molecule has 0 radical (unpaired) electrons. The Kier molecular flexibility index (Phi) is 5.58. The quantitative estimate of drug-likeness (QED) is 0.169. The maximum Gasteiger partial charge on any atom is 0.164 e. The van der Waals surface area contributed by atoms with Crippen LogP contribution in [0, 0.1) is 0 Å². The normalized spacial score (nSPS) is 13.2. The number of hydrogen-bond donors (Lipinski definition) is 0. The average Bonchev–Trinajstić information content (AvgIpc) is 3.88. The molecule has 0 saturated heterocycles. The Labute approximate surface area is 327 Å². The van der Waals surface area contributed by atoms with E-state index in [1.807, 2.05) is 72.8 Å². The molecule has 0 amide bonds. The summed E-state index contributed by atoms with van der Waals surface area (Å²) in [5.74, 6) is 0.465. The van der Waals surface area contributed by atoms with Crippen LogP contribution in [-0.4, -0.2) is 15.0 Å². The number of benzene rings is 9. The lowest BCUT2D eigenvalue weighted by Crippen LogP contribution is -2.00. The molecule has 0 aliphatic carbocycles. The fourth-order valence-corrected chi connectivity index (χ4v) is 8.25. The molecule has 5 heteroatoms. The van der Waals surface area contributed by atoms with E-state index in [9.17, 15) is 0 Å². The third-order valence-corrected chi connectivity index (χ3v) is 10.8. The molecule has 3 aromatic heterocycles. The van der Waals surface area contributed by atoms with Gasteiger partial charge in [-0.05, 0) is 92.0 Å². The Hall–Kier alpha value is -7.63. The van der Waals surface area contributed by atoms with Crippen molar-refractivity contribution in [1.29, 1.82) is 0 Å². The smallest absolute Gasteiger partial charge is 0.164 e. The highest BCUT2D eigenvalue weighted by molar-refractivity contribution is 6.26. The summed E-state index contributed by atoms with van der Waals surface area (Å²) in [7, 11) is 0. The van der Waals surface area contributed by atoms with Crippen molar-refractivity contribution >= 4 is 76.2 Å². The molecule has 0 atom stereocenters. The number of furan rings is 2. The molecule has 0 fully saturated rings. The van der Waals surface area contributed by atoms with Gasteiger partial charge in [0, 0.05) is 38.2 Å². The molecule has 56 heavy (non-hydrogen) atoms. The van der Waals surface area contributed by atoms with E-state index in [4.69, 9.17) is 30.6 Å². The standard InChI is InChI=1S/C51H29N3O2/c1-2-11-30(12-3-1)49-52-50(54-51(53-49)33-22-25-41-40-17-8-9-19-44(40)56-47(41)29-33)32-23-26-45-43(28-32)48-34(18-10-20-46(48)55-45)31-21-24-39-37-15-5-4-13-35(37)36-14-6-7-16-38(36)42(39)27-31/h1-29H/i1D,2D,3D,11D,12D. The second-order valence-corrected chi connectivity index (χ2v) is 14.0. The Morgan fingerprint density at radius 2 is 0.839 bits per heavy atom. The van der Waals surface area contributed by atoms with Crippen LogP contribution >= 0.6 is 0 Å². The molecule has 3 heterocycles. The lowest BCUT2D eigenvalue weighted by Gasteiger charge is -2.12. The largest absolute Gasteiger partial charge is 0.456 e. The van der Waals surface area contributed by atoms with E-state index in [0.717, 1.165) is 49.2 Å². The summed E-state index contributed by atoms with van der Waals surface area (Å²) in [5, 5.41) is 10.9. The van der Waals surface area contributed by atoms with Crippen molar-refractivity contribution in [3.8, 4) is 45.3 Å². The van der Waals surface area contributed by atoms with Crippen molar-refractivity contribution in [1.82, 2.24) is 15.0 Å². The van der Waals surface area contributed by atoms with Gasteiger partial charge in [-0.15, -0.1) is 0 Å². The summed E-state index contributed by atoms with van der Waals surface area (Å²) >= 11 is 0. The van der Waals surface area contributed by atoms with Crippen LogP contribution in [-0.2, 0) is 0 Å². The van der Waals surface area contributed by atoms with Crippen molar-refractivity contribution in [2.45, 2.75) is 0 Å². The molecule has 0 aliphatic heterocycles. The molecule has 0 saturated carbocycles. The van der Waals surface area contributed by atoms with Gasteiger partial charge in [-0.2, -0.15) is 0 Å². The van der Waals surface area contributed by atoms with Gasteiger partial charge in [0.2, 0.25) is 0 Å². The summed E-state index contributed by atoms with van der Waals surface area (Å²) in [6.07, 6.45) is 0. The highest BCUT2D eigenvalue weighted by Gasteiger charge is 2.18. The van der Waals surface area contributed by atoms with Gasteiger partial charge in [-0.25, -0.2) is 15.0 Å². The summed E-state index contributed by atoms with van der Waals surface area (Å²) in [4.78, 5) is 14.6. The minimum atomic E-state index is -0.496. The molecule has 12 rings (SSSR count). The van der Waals surface area contributed by atoms with Crippen molar-refractivity contribution in [2.75, 3.05) is 0 Å². The van der Waals surface area contributed by atoms with Crippen LogP contribution in [0.1, 0.15) is 6.85 Å². The van der Waals surface area contributed by atoms with E-state index in [1.54, 1.807) is 0 Å². The summed E-state index contributed by atoms with van der Waals surface area (Å²) < 4.78 is 55.4. The predicted octanol–water partition coefficient (Wildman–Crippen LogP) is 13.8. The average molecular weight is 721 g/mol. The molecule has 12 aromatic rings. The van der Waals surface area contributed by atoms with Crippen LogP contribution < -0.4 is 0 Å². The Balaban J connectivity index is 1.07. The minimum absolute atomic E-state index is 0.0459. The van der Waals surface area contributed by atoms with Crippen molar-refractivity contribution < 1.29 is 15.7 Å². The molecule has 0 unspecified atom stereocenters. The van der Waals surface area contributed by atoms with Crippen LogP contribution in [0.4, 0.5) is 0 Å². The first-order chi connectivity index (χ1) is 29.8. The van der Waals surface area contributed by atoms with Gasteiger partial charge < -0.3 is 8.83 Å². The van der Waals surface area contributed by atoms with Crippen LogP contribution in [0.3, 0.4) is 0 Å². The zero-order valence-electron chi connectivity index (χ0n) is 34.5. The number of fused-ring (bicyclic) bond motifs is 12. The van der Waals surface area contributed by atoms with E-state index in [1.165, 1.54) is 26.9 Å². The Bertz CT molecular complexity index is 3790. The second kappa shape index (κ2) is 11.9. The van der Waals surface area contributed by atoms with Crippen LogP contribution in [0.5, 0.6) is 0 Å². The SMILES string of the molecule is [2H]c1c([2H])c([2H])c(-c2nc(-c3ccc4c(c3)oc3ccccc34)nc(-c3ccc4oc5cccc(-c6ccc7c8ccccc8c8ccccc8c7c6)c5c4c3)n2)c([2H])c1[2H]. The van der Waals surface area contributed by atoms with E-state index < -0.39 is 30.2 Å². The molecular weight excluding hydrogens is 687 g/mol. The number of aromatic nitrogens is 3. The third kappa shape index (κ3) is 4.71. The van der Waals surface area contributed by atoms with Crippen LogP contribution in [0.15, 0.2) is 185 Å². The topological polar surface area (TPSA) is 65.0 Å². The van der Waals surface area contributed by atoms with Crippen molar-refractivity contribution in [2.24, 2.45) is 0 Å². The predicted molar refractivity (Wildman–Crippen MR) is 229 cm³/mol. The van der Waals surface area contributed by atoms with E-state index in [2.05, 4.69) is 72.8 Å². The number of nitrogens with zero attached hydrogens (tertiary/aromatic N) is 3. The maximum absolute atomic E-state index is 8.81. The van der Waals surface area contributed by atoms with Gasteiger partial charge >= 0.3 is 0 Å². The maximum atomic E-state index is 8.81. The zero-order chi connectivity index (χ0) is 41.1. The van der Waals surface area contributed by atoms with Gasteiger partial charge in [0.25, 0.3) is 0 Å². The highest BCUT2D eigenvalue weighted by atomic mass is 16.3. The number of para-hydroxylation sites is 1. The first kappa shape index (κ1) is 26.2. The van der Waals surface area contributed by atoms with E-state index >= 15 is 0 Å². The molecule has 260 valence electrons. The van der Waals surface area contributed by atoms with Gasteiger partial charge in [-0.3, -0.25) is 0 Å². The lowest BCUT2D eigenvalue weighted by atomic mass is 9.91. The second-order valence-electron chi connectivity index (χ2n) is 14.0. The van der Waals surface area contributed by atoms with Gasteiger partial charge in [0.1, 0.15) is 22.3 Å². The van der Waals surface area contributed by atoms with Crippen molar-refractivity contribution in [3.05, 3.63) is 176 Å². The first-order valence-corrected chi connectivity index (χ1v) is 18.3. The molecular formula is C51H29N3O2.